The first kappa shape index (κ1) is 32.7. The van der Waals surface area contributed by atoms with Gasteiger partial charge in [-0.3, -0.25) is 9.59 Å². The van der Waals surface area contributed by atoms with Gasteiger partial charge in [-0.1, -0.05) is 34.6 Å². The number of ether oxygens (including phenoxy) is 2. The van der Waals surface area contributed by atoms with Crippen molar-refractivity contribution >= 4 is 11.9 Å². The third-order valence-corrected chi connectivity index (χ3v) is 15.2. The second-order valence-electron chi connectivity index (χ2n) is 18.1. The van der Waals surface area contributed by atoms with Crippen LogP contribution < -0.4 is 0 Å². The lowest BCUT2D eigenvalue weighted by atomic mass is 9.41. The molecule has 1 heterocycles. The molecule has 0 aromatic rings. The summed E-state index contributed by atoms with van der Waals surface area (Å²) in [5, 5.41) is 43.3. The van der Waals surface area contributed by atoms with Crippen molar-refractivity contribution in [1.29, 1.82) is 0 Å². The molecule has 1 aliphatic heterocycles. The number of carboxylic acid groups (broad SMARTS) is 1. The second kappa shape index (κ2) is 9.90. The maximum atomic E-state index is 13.5. The molecule has 2 spiro atoms. The zero-order valence-corrected chi connectivity index (χ0v) is 28.3. The van der Waals surface area contributed by atoms with Gasteiger partial charge < -0.3 is 29.9 Å². The van der Waals surface area contributed by atoms with Gasteiger partial charge in [0.15, 0.2) is 0 Å². The molecule has 8 heteroatoms. The summed E-state index contributed by atoms with van der Waals surface area (Å²) in [4.78, 5) is 24.7. The second-order valence-corrected chi connectivity index (χ2v) is 18.1. The number of carbonyl (C=O) groups is 2. The maximum Gasteiger partial charge on any atom is 0.308 e. The van der Waals surface area contributed by atoms with E-state index >= 15 is 0 Å². The Morgan fingerprint density at radius 3 is 2.25 bits per heavy atom. The lowest BCUT2D eigenvalue weighted by Gasteiger charge is -2.64. The van der Waals surface area contributed by atoms with Gasteiger partial charge in [0.05, 0.1) is 35.4 Å². The molecule has 44 heavy (non-hydrogen) atoms. The van der Waals surface area contributed by atoms with Crippen molar-refractivity contribution in [2.24, 2.45) is 50.7 Å². The molecule has 0 amide bonds. The SMILES string of the molecule is CC(CCC(=O)O)C(=O)OC1CC2C3(C)CC(O)C(C4(C)CCC(C(C)(C)O)O4)C3(C)CCC23CC32CCC(O)C(C)(C)C12. The van der Waals surface area contributed by atoms with Gasteiger partial charge >= 0.3 is 11.9 Å². The number of rotatable bonds is 7. The Hall–Kier alpha value is -1.22. The molecule has 5 aliphatic carbocycles. The molecule has 13 unspecified atom stereocenters. The summed E-state index contributed by atoms with van der Waals surface area (Å²) in [7, 11) is 0. The fourth-order valence-corrected chi connectivity index (χ4v) is 12.9. The normalized spacial score (nSPS) is 51.4. The van der Waals surface area contributed by atoms with Crippen molar-refractivity contribution in [1.82, 2.24) is 0 Å². The summed E-state index contributed by atoms with van der Waals surface area (Å²) in [6.07, 6.45) is 6.30. The van der Waals surface area contributed by atoms with Crippen LogP contribution in [-0.4, -0.2) is 68.0 Å². The lowest BCUT2D eigenvalue weighted by molar-refractivity contribution is -0.222. The van der Waals surface area contributed by atoms with Gasteiger partial charge in [0, 0.05) is 18.3 Å². The smallest absolute Gasteiger partial charge is 0.308 e. The molecule has 0 aromatic heterocycles. The number of esters is 1. The molecule has 6 fully saturated rings. The number of carboxylic acids is 1. The van der Waals surface area contributed by atoms with Crippen LogP contribution in [0, 0.1) is 50.7 Å². The number of aliphatic hydroxyl groups is 3. The van der Waals surface area contributed by atoms with Crippen molar-refractivity contribution in [2.45, 2.75) is 162 Å². The first-order valence-electron chi connectivity index (χ1n) is 17.4. The van der Waals surface area contributed by atoms with E-state index in [0.29, 0.717) is 12.8 Å². The van der Waals surface area contributed by atoms with Crippen LogP contribution in [0.15, 0.2) is 0 Å². The maximum absolute atomic E-state index is 13.5. The first-order valence-corrected chi connectivity index (χ1v) is 17.4. The van der Waals surface area contributed by atoms with Crippen molar-refractivity contribution in [3.8, 4) is 0 Å². The molecule has 13 atom stereocenters. The first-order chi connectivity index (χ1) is 20.2. The number of hydrogen-bond donors (Lipinski definition) is 4. The Kier molecular flexibility index (Phi) is 7.36. The number of fused-ring (bicyclic) bond motifs is 2. The van der Waals surface area contributed by atoms with Crippen molar-refractivity contribution in [3.63, 3.8) is 0 Å². The minimum atomic E-state index is -0.946. The van der Waals surface area contributed by atoms with E-state index in [1.807, 2.05) is 13.8 Å². The summed E-state index contributed by atoms with van der Waals surface area (Å²) in [6.45, 7) is 16.6. The van der Waals surface area contributed by atoms with Crippen LogP contribution in [0.4, 0.5) is 0 Å². The highest BCUT2D eigenvalue weighted by Gasteiger charge is 2.85. The van der Waals surface area contributed by atoms with Gasteiger partial charge in [0.25, 0.3) is 0 Å². The number of carbonyl (C=O) groups excluding carboxylic acids is 1. The molecule has 250 valence electrons. The van der Waals surface area contributed by atoms with E-state index in [2.05, 4.69) is 34.6 Å². The summed E-state index contributed by atoms with van der Waals surface area (Å²) in [5.74, 6) is -1.57. The third kappa shape index (κ3) is 4.28. The highest BCUT2D eigenvalue weighted by Crippen LogP contribution is 2.89. The van der Waals surface area contributed by atoms with Crippen LogP contribution in [0.5, 0.6) is 0 Å². The van der Waals surface area contributed by atoms with E-state index in [9.17, 15) is 30.0 Å². The van der Waals surface area contributed by atoms with E-state index in [1.165, 1.54) is 0 Å². The van der Waals surface area contributed by atoms with Gasteiger partial charge in [-0.2, -0.15) is 0 Å². The molecule has 4 N–H and O–H groups in total. The van der Waals surface area contributed by atoms with Crippen LogP contribution >= 0.6 is 0 Å². The average Bonchev–Trinajstić information content (AvgIpc) is 3.27. The number of aliphatic carboxylic acids is 1. The molecule has 5 saturated carbocycles. The molecular formula is C36H58O8. The van der Waals surface area contributed by atoms with Crippen molar-refractivity contribution in [3.05, 3.63) is 0 Å². The highest BCUT2D eigenvalue weighted by atomic mass is 16.5. The zero-order chi connectivity index (χ0) is 32.5. The summed E-state index contributed by atoms with van der Waals surface area (Å²) in [5.41, 5.74) is -2.22. The molecular weight excluding hydrogens is 560 g/mol. The molecule has 0 bridgehead atoms. The lowest BCUT2D eigenvalue weighted by Crippen LogP contribution is -2.63. The average molecular weight is 619 g/mol. The summed E-state index contributed by atoms with van der Waals surface area (Å²) < 4.78 is 13.2. The monoisotopic (exact) mass is 618 g/mol. The van der Waals surface area contributed by atoms with Crippen LogP contribution in [0.1, 0.15) is 126 Å². The van der Waals surface area contributed by atoms with Gasteiger partial charge in [0.1, 0.15) is 6.10 Å². The Balaban J connectivity index is 1.35. The fraction of sp³-hybridized carbons (Fsp3) is 0.944. The van der Waals surface area contributed by atoms with Crippen LogP contribution in [-0.2, 0) is 19.1 Å². The van der Waals surface area contributed by atoms with Crippen molar-refractivity contribution in [2.75, 3.05) is 0 Å². The molecule has 6 rings (SSSR count). The number of aliphatic hydroxyl groups excluding tert-OH is 2. The van der Waals surface area contributed by atoms with Gasteiger partial charge in [0.2, 0.25) is 0 Å². The Labute approximate surface area is 263 Å². The topological polar surface area (TPSA) is 134 Å². The van der Waals surface area contributed by atoms with Gasteiger partial charge in [-0.25, -0.2) is 0 Å². The Morgan fingerprint density at radius 2 is 1.64 bits per heavy atom. The number of hydrogen-bond acceptors (Lipinski definition) is 7. The molecule has 8 nitrogen and oxygen atoms in total. The quantitative estimate of drug-likeness (QED) is 0.276. The van der Waals surface area contributed by atoms with Gasteiger partial charge in [-0.05, 0) is 118 Å². The molecule has 0 aromatic carbocycles. The van der Waals surface area contributed by atoms with Crippen LogP contribution in [0.3, 0.4) is 0 Å². The van der Waals surface area contributed by atoms with Gasteiger partial charge in [-0.15, -0.1) is 0 Å². The van der Waals surface area contributed by atoms with Crippen LogP contribution in [0.25, 0.3) is 0 Å². The minimum absolute atomic E-state index is 0.0129. The molecule has 0 radical (unpaired) electrons. The predicted octanol–water partition coefficient (Wildman–Crippen LogP) is 5.49. The van der Waals surface area contributed by atoms with Crippen LogP contribution in [0.2, 0.25) is 0 Å². The zero-order valence-electron chi connectivity index (χ0n) is 28.3. The molecule has 1 saturated heterocycles. The minimum Gasteiger partial charge on any atom is -0.481 e. The van der Waals surface area contributed by atoms with Crippen molar-refractivity contribution < 1.29 is 39.5 Å². The Morgan fingerprint density at radius 1 is 0.955 bits per heavy atom. The summed E-state index contributed by atoms with van der Waals surface area (Å²) >= 11 is 0. The van der Waals surface area contributed by atoms with E-state index in [1.54, 1.807) is 6.92 Å². The predicted molar refractivity (Wildman–Crippen MR) is 164 cm³/mol. The molecule has 6 aliphatic rings. The third-order valence-electron chi connectivity index (χ3n) is 15.2. The van der Waals surface area contributed by atoms with E-state index in [0.717, 1.165) is 44.9 Å². The largest absolute Gasteiger partial charge is 0.481 e. The standard InChI is InChI=1S/C36H58O8/c1-20(9-10-26(39)40)29(41)43-22-17-23-33(7)18-21(37)27(34(8)13-12-25(44-34)31(4,5)42)32(33,6)15-16-35(23)19-36(35)14-11-24(38)30(2,3)28(22)36/h20-25,27-28,37-38,42H,9-19H2,1-8H3,(H,39,40). The fourth-order valence-electron chi connectivity index (χ4n) is 12.9. The van der Waals surface area contributed by atoms with E-state index in [4.69, 9.17) is 9.47 Å². The van der Waals surface area contributed by atoms with E-state index < -0.39 is 40.7 Å². The summed E-state index contributed by atoms with van der Waals surface area (Å²) in [6, 6.07) is 0. The highest BCUT2D eigenvalue weighted by molar-refractivity contribution is 5.74. The Bertz CT molecular complexity index is 1190. The van der Waals surface area contributed by atoms with E-state index in [-0.39, 0.29) is 70.4 Å².